The van der Waals surface area contributed by atoms with E-state index >= 15 is 0 Å². The Bertz CT molecular complexity index is 308. The summed E-state index contributed by atoms with van der Waals surface area (Å²) in [5.41, 5.74) is 5.24. The number of amidine groups is 1. The van der Waals surface area contributed by atoms with Gasteiger partial charge in [0.15, 0.2) is 0 Å². The average molecular weight is 230 g/mol. The van der Waals surface area contributed by atoms with Gasteiger partial charge >= 0.3 is 11.9 Å². The Balaban J connectivity index is 0.000000281. The predicted molar refractivity (Wildman–Crippen MR) is 56.0 cm³/mol. The van der Waals surface area contributed by atoms with E-state index in [-0.39, 0.29) is 12.1 Å². The molecule has 0 spiro atoms. The van der Waals surface area contributed by atoms with Crippen LogP contribution in [-0.4, -0.2) is 40.3 Å². The molecule has 2 unspecified atom stereocenters. The lowest BCUT2D eigenvalue weighted by Crippen LogP contribution is -2.17. The molecule has 0 aromatic carbocycles. The molecule has 16 heavy (non-hydrogen) atoms. The summed E-state index contributed by atoms with van der Waals surface area (Å²) in [6, 6.07) is 0.556. The topological polar surface area (TPSA) is 122 Å². The molecule has 0 aromatic heterocycles. The molecule has 7 heteroatoms. The van der Waals surface area contributed by atoms with Gasteiger partial charge in [0.1, 0.15) is 6.10 Å². The van der Waals surface area contributed by atoms with E-state index in [0.29, 0.717) is 18.2 Å². The molecule has 0 saturated heterocycles. The molecule has 0 fully saturated rings. The maximum absolute atomic E-state index is 9.55. The predicted octanol–water partition coefficient (Wildman–Crippen LogP) is -0.180. The fourth-order valence-corrected chi connectivity index (χ4v) is 0.768. The Labute approximate surface area is 92.2 Å². The highest BCUT2D eigenvalue weighted by Gasteiger charge is 2.20. The molecule has 7 nitrogen and oxygen atoms in total. The van der Waals surface area contributed by atoms with Crippen LogP contribution < -0.4 is 5.73 Å². The van der Waals surface area contributed by atoms with Gasteiger partial charge in [-0.05, 0) is 13.8 Å². The zero-order chi connectivity index (χ0) is 12.7. The molecule has 0 saturated carbocycles. The molecule has 90 valence electrons. The minimum Gasteiger partial charge on any atom is -0.478 e. The van der Waals surface area contributed by atoms with E-state index < -0.39 is 11.9 Å². The first-order valence-corrected chi connectivity index (χ1v) is 4.46. The second kappa shape index (κ2) is 6.44. The van der Waals surface area contributed by atoms with Crippen LogP contribution in [0.15, 0.2) is 17.1 Å². The highest BCUT2D eigenvalue weighted by atomic mass is 16.5. The van der Waals surface area contributed by atoms with Gasteiger partial charge in [-0.2, -0.15) is 0 Å². The Morgan fingerprint density at radius 1 is 1.31 bits per heavy atom. The number of aliphatic imine (C=N–C) groups is 1. The number of nitrogens with zero attached hydrogens (tertiary/aromatic N) is 1. The number of carbonyl (C=O) groups is 2. The van der Waals surface area contributed by atoms with Gasteiger partial charge < -0.3 is 20.7 Å². The van der Waals surface area contributed by atoms with Gasteiger partial charge in [0.2, 0.25) is 0 Å². The average Bonchev–Trinajstić information content (AvgIpc) is 2.42. The van der Waals surface area contributed by atoms with Crippen LogP contribution in [0, 0.1) is 0 Å². The molecule has 0 aliphatic carbocycles. The highest BCUT2D eigenvalue weighted by molar-refractivity contribution is 5.89. The van der Waals surface area contributed by atoms with E-state index in [0.717, 1.165) is 0 Å². The van der Waals surface area contributed by atoms with Crippen molar-refractivity contribution in [3.05, 3.63) is 12.2 Å². The van der Waals surface area contributed by atoms with Crippen LogP contribution in [0.1, 0.15) is 13.8 Å². The minimum atomic E-state index is -1.26. The largest absolute Gasteiger partial charge is 0.478 e. The summed E-state index contributed by atoms with van der Waals surface area (Å²) in [6.45, 7) is 3.93. The third kappa shape index (κ3) is 6.41. The Kier molecular flexibility index (Phi) is 5.61. The first kappa shape index (κ1) is 13.9. The summed E-state index contributed by atoms with van der Waals surface area (Å²) in [6.07, 6.45) is 1.28. The number of hydrogen-bond acceptors (Lipinski definition) is 5. The van der Waals surface area contributed by atoms with E-state index in [2.05, 4.69) is 4.99 Å². The van der Waals surface area contributed by atoms with Crippen LogP contribution in [-0.2, 0) is 14.3 Å². The van der Waals surface area contributed by atoms with E-state index in [9.17, 15) is 9.59 Å². The number of carboxylic acids is 2. The first-order valence-electron chi connectivity index (χ1n) is 4.46. The Morgan fingerprint density at radius 3 is 1.88 bits per heavy atom. The zero-order valence-corrected chi connectivity index (χ0v) is 8.95. The fourth-order valence-electron chi connectivity index (χ4n) is 0.768. The van der Waals surface area contributed by atoms with Gasteiger partial charge in [-0.25, -0.2) is 14.6 Å². The smallest absolute Gasteiger partial charge is 0.328 e. The summed E-state index contributed by atoms with van der Waals surface area (Å²) >= 11 is 0. The van der Waals surface area contributed by atoms with Gasteiger partial charge in [0, 0.05) is 12.2 Å². The van der Waals surface area contributed by atoms with E-state index in [4.69, 9.17) is 20.7 Å². The van der Waals surface area contributed by atoms with Crippen molar-refractivity contribution in [2.45, 2.75) is 26.0 Å². The Hall–Kier alpha value is -2.05. The minimum absolute atomic E-state index is 0.162. The maximum Gasteiger partial charge on any atom is 0.328 e. The molecule has 2 atom stereocenters. The van der Waals surface area contributed by atoms with Crippen molar-refractivity contribution < 1.29 is 24.5 Å². The quantitative estimate of drug-likeness (QED) is 0.565. The normalized spacial score (nSPS) is 23.0. The molecule has 1 rings (SSSR count). The molecular weight excluding hydrogens is 216 g/mol. The van der Waals surface area contributed by atoms with E-state index in [1.54, 1.807) is 0 Å². The Morgan fingerprint density at radius 2 is 1.75 bits per heavy atom. The summed E-state index contributed by atoms with van der Waals surface area (Å²) < 4.78 is 5.00. The molecule has 0 radical (unpaired) electrons. The number of carboxylic acid groups (broad SMARTS) is 2. The molecule has 0 aromatic rings. The van der Waals surface area contributed by atoms with Crippen molar-refractivity contribution in [3.8, 4) is 0 Å². The fraction of sp³-hybridized carbons (Fsp3) is 0.444. The first-order chi connectivity index (χ1) is 7.32. The van der Waals surface area contributed by atoms with Gasteiger partial charge in [0.25, 0.3) is 6.02 Å². The monoisotopic (exact) mass is 230 g/mol. The maximum atomic E-state index is 9.55. The molecule has 1 aliphatic heterocycles. The molecule has 4 N–H and O–H groups in total. The van der Waals surface area contributed by atoms with Crippen molar-refractivity contribution in [3.63, 3.8) is 0 Å². The molecule has 1 aliphatic rings. The summed E-state index contributed by atoms with van der Waals surface area (Å²) in [4.78, 5) is 23.0. The van der Waals surface area contributed by atoms with Crippen molar-refractivity contribution >= 4 is 18.0 Å². The lowest BCUT2D eigenvalue weighted by atomic mass is 10.2. The van der Waals surface area contributed by atoms with Crippen LogP contribution in [0.25, 0.3) is 0 Å². The van der Waals surface area contributed by atoms with Gasteiger partial charge in [-0.15, -0.1) is 0 Å². The molecular formula is C9H14N2O5. The van der Waals surface area contributed by atoms with Gasteiger partial charge in [0.05, 0.1) is 6.04 Å². The van der Waals surface area contributed by atoms with Crippen molar-refractivity contribution in [1.82, 2.24) is 0 Å². The van der Waals surface area contributed by atoms with E-state index in [1.807, 2.05) is 13.8 Å². The third-order valence-corrected chi connectivity index (χ3v) is 1.69. The number of rotatable bonds is 2. The standard InChI is InChI=1S/C5H10N2O.C4H4O4/c1-3-4(2)8-5(6)7-3;5-3(6)1-2-4(7)8/h3-4H,1-2H3,(H2,6,7);1-2H,(H,5,6)(H,7,8)/b;2-1+. The summed E-state index contributed by atoms with van der Waals surface area (Å²) in [5, 5.41) is 15.6. The van der Waals surface area contributed by atoms with Crippen molar-refractivity contribution in [2.24, 2.45) is 10.7 Å². The van der Waals surface area contributed by atoms with Crippen LogP contribution in [0.3, 0.4) is 0 Å². The number of aliphatic carboxylic acids is 2. The van der Waals surface area contributed by atoms with E-state index in [1.165, 1.54) is 0 Å². The van der Waals surface area contributed by atoms with Gasteiger partial charge in [-0.1, -0.05) is 0 Å². The molecule has 0 bridgehead atoms. The number of nitrogens with two attached hydrogens (primary N) is 1. The molecule has 0 amide bonds. The highest BCUT2D eigenvalue weighted by Crippen LogP contribution is 2.08. The number of ether oxygens (including phenoxy) is 1. The third-order valence-electron chi connectivity index (χ3n) is 1.69. The van der Waals surface area contributed by atoms with Crippen molar-refractivity contribution in [2.75, 3.05) is 0 Å². The van der Waals surface area contributed by atoms with Crippen LogP contribution >= 0.6 is 0 Å². The lowest BCUT2D eigenvalue weighted by Gasteiger charge is -2.04. The number of hydrogen-bond donors (Lipinski definition) is 3. The summed E-state index contributed by atoms with van der Waals surface area (Å²) in [5.74, 6) is -2.51. The second-order valence-electron chi connectivity index (χ2n) is 3.04. The second-order valence-corrected chi connectivity index (χ2v) is 3.04. The van der Waals surface area contributed by atoms with Gasteiger partial charge in [-0.3, -0.25) is 0 Å². The zero-order valence-electron chi connectivity index (χ0n) is 8.95. The lowest BCUT2D eigenvalue weighted by molar-refractivity contribution is -0.134. The van der Waals surface area contributed by atoms with Crippen molar-refractivity contribution in [1.29, 1.82) is 0 Å². The van der Waals surface area contributed by atoms with Crippen LogP contribution in [0.4, 0.5) is 0 Å². The van der Waals surface area contributed by atoms with Crippen LogP contribution in [0.2, 0.25) is 0 Å². The van der Waals surface area contributed by atoms with Crippen LogP contribution in [0.5, 0.6) is 0 Å². The SMILES string of the molecule is CC1N=C(N)OC1C.O=C(O)/C=C/C(=O)O. The molecule has 1 heterocycles. The summed E-state index contributed by atoms with van der Waals surface area (Å²) in [7, 11) is 0.